The minimum absolute atomic E-state index is 0.230. The number of anilines is 2. The van der Waals surface area contributed by atoms with E-state index in [1.54, 1.807) is 6.20 Å². The van der Waals surface area contributed by atoms with Crippen LogP contribution in [0, 0.1) is 19.8 Å². The molecule has 0 radical (unpaired) electrons. The molecule has 7 heteroatoms. The molecule has 41 heavy (non-hydrogen) atoms. The molecule has 0 saturated carbocycles. The molecule has 5 rings (SSSR count). The van der Waals surface area contributed by atoms with Crippen LogP contribution < -0.4 is 14.4 Å². The van der Waals surface area contributed by atoms with Gasteiger partial charge < -0.3 is 9.64 Å². The van der Waals surface area contributed by atoms with Crippen LogP contribution in [0.1, 0.15) is 58.2 Å². The van der Waals surface area contributed by atoms with Gasteiger partial charge in [0.25, 0.3) is 0 Å². The van der Waals surface area contributed by atoms with Crippen molar-refractivity contribution in [1.82, 2.24) is 15.0 Å². The Bertz CT molecular complexity index is 1360. The molecule has 4 aromatic rings. The summed E-state index contributed by atoms with van der Waals surface area (Å²) in [6.45, 7) is 18.6. The zero-order chi connectivity index (χ0) is 30.0. The number of rotatable bonds is 1. The van der Waals surface area contributed by atoms with Crippen molar-refractivity contribution in [1.29, 1.82) is 0 Å². The van der Waals surface area contributed by atoms with Crippen molar-refractivity contribution >= 4 is 23.6 Å². The zero-order valence-corrected chi connectivity index (χ0v) is 26.8. The lowest BCUT2D eigenvalue weighted by molar-refractivity contribution is 0.313. The molecule has 2 aromatic heterocycles. The van der Waals surface area contributed by atoms with Gasteiger partial charge in [0.05, 0.1) is 12.2 Å². The van der Waals surface area contributed by atoms with Gasteiger partial charge in [-0.25, -0.2) is 4.98 Å². The van der Waals surface area contributed by atoms with Gasteiger partial charge in [0.1, 0.15) is 6.61 Å². The first kappa shape index (κ1) is 31.9. The van der Waals surface area contributed by atoms with E-state index in [1.807, 2.05) is 18.3 Å². The lowest BCUT2D eigenvalue weighted by atomic mass is 9.88. The molecule has 1 N–H and O–H groups in total. The van der Waals surface area contributed by atoms with Crippen molar-refractivity contribution in [3.8, 4) is 17.1 Å². The Kier molecular flexibility index (Phi) is 11.6. The first-order valence-corrected chi connectivity index (χ1v) is 15.0. The first-order valence-electron chi connectivity index (χ1n) is 14.2. The topological polar surface area (TPSA) is 63.2 Å². The van der Waals surface area contributed by atoms with Crippen molar-refractivity contribution in [2.24, 2.45) is 5.92 Å². The Morgan fingerprint density at radius 2 is 1.61 bits per heavy atom. The summed E-state index contributed by atoms with van der Waals surface area (Å²) in [6.07, 6.45) is 3.72. The third-order valence-electron chi connectivity index (χ3n) is 6.16. The maximum atomic E-state index is 5.96. The number of hydrogen-bond donors (Lipinski definition) is 1. The molecule has 0 fully saturated rings. The second-order valence-electron chi connectivity index (χ2n) is 11.9. The summed E-state index contributed by atoms with van der Waals surface area (Å²) < 4.78 is 9.23. The number of hydrogen-bond acceptors (Lipinski definition) is 7. The van der Waals surface area contributed by atoms with E-state index in [1.165, 1.54) is 28.6 Å². The monoisotopic (exact) mass is 571 g/mol. The zero-order valence-electron chi connectivity index (χ0n) is 26.0. The van der Waals surface area contributed by atoms with Crippen LogP contribution in [0.4, 0.5) is 11.6 Å². The highest BCUT2D eigenvalue weighted by Crippen LogP contribution is 2.31. The molecule has 3 heterocycles. The second-order valence-corrected chi connectivity index (χ2v) is 12.8. The molecule has 2 aromatic carbocycles. The molecule has 0 amide bonds. The summed E-state index contributed by atoms with van der Waals surface area (Å²) in [7, 11) is 2.07. The summed E-state index contributed by atoms with van der Waals surface area (Å²) in [5, 5.41) is 0. The number of aryl methyl sites for hydroxylation is 2. The van der Waals surface area contributed by atoms with Crippen LogP contribution in [0.15, 0.2) is 78.0 Å². The number of ether oxygens (including phenoxy) is 1. The smallest absolute Gasteiger partial charge is 0.237 e. The average Bonchev–Trinajstić information content (AvgIpc) is 2.92. The minimum Gasteiger partial charge on any atom is -0.476 e. The molecule has 0 atom stereocenters. The van der Waals surface area contributed by atoms with Crippen molar-refractivity contribution in [3.05, 3.63) is 89.7 Å². The van der Waals surface area contributed by atoms with Crippen molar-refractivity contribution in [3.63, 3.8) is 0 Å². The number of pyridine rings is 1. The molecular formula is C34H45N5OS. The molecule has 1 aliphatic heterocycles. The number of nitrogens with one attached hydrogen (secondary N) is 1. The molecule has 1 aliphatic rings. The maximum absolute atomic E-state index is 5.96. The Labute approximate surface area is 251 Å². The molecule has 6 nitrogen and oxygen atoms in total. The second kappa shape index (κ2) is 14.9. The van der Waals surface area contributed by atoms with Crippen LogP contribution in [-0.4, -0.2) is 35.2 Å². The molecule has 0 aliphatic carbocycles. The number of likely N-dealkylation sites (N-methyl/N-ethyl adjacent to an activating group) is 1. The van der Waals surface area contributed by atoms with Gasteiger partial charge in [0, 0.05) is 41.7 Å². The lowest BCUT2D eigenvalue weighted by Crippen LogP contribution is -2.24. The lowest BCUT2D eigenvalue weighted by Gasteiger charge is -2.21. The summed E-state index contributed by atoms with van der Waals surface area (Å²) in [5.41, 5.74) is 7.05. The van der Waals surface area contributed by atoms with Gasteiger partial charge in [-0.2, -0.15) is 4.98 Å². The fourth-order valence-corrected chi connectivity index (χ4v) is 4.63. The van der Waals surface area contributed by atoms with Gasteiger partial charge in [-0.3, -0.25) is 9.71 Å². The van der Waals surface area contributed by atoms with E-state index in [-0.39, 0.29) is 5.41 Å². The Morgan fingerprint density at radius 3 is 2.22 bits per heavy atom. The fourth-order valence-electron chi connectivity index (χ4n) is 4.00. The van der Waals surface area contributed by atoms with Crippen molar-refractivity contribution < 1.29 is 4.74 Å². The van der Waals surface area contributed by atoms with Gasteiger partial charge in [-0.05, 0) is 78.1 Å². The largest absolute Gasteiger partial charge is 0.476 e. The first-order chi connectivity index (χ1) is 19.4. The third-order valence-corrected chi connectivity index (χ3v) is 6.94. The van der Waals surface area contributed by atoms with Crippen molar-refractivity contribution in [2.45, 2.75) is 65.7 Å². The summed E-state index contributed by atoms with van der Waals surface area (Å²) in [5.74, 6) is 1.97. The predicted octanol–water partition coefficient (Wildman–Crippen LogP) is 8.75. The van der Waals surface area contributed by atoms with Crippen LogP contribution in [0.5, 0.6) is 5.88 Å². The Hall–Kier alpha value is -3.58. The van der Waals surface area contributed by atoms with E-state index in [0.717, 1.165) is 34.3 Å². The molecular weight excluding hydrogens is 526 g/mol. The van der Waals surface area contributed by atoms with Gasteiger partial charge in [-0.1, -0.05) is 71.9 Å². The minimum atomic E-state index is 0.230. The van der Waals surface area contributed by atoms with Crippen LogP contribution >= 0.6 is 11.9 Å². The van der Waals surface area contributed by atoms with Crippen LogP contribution in [0.2, 0.25) is 0 Å². The van der Waals surface area contributed by atoms with E-state index in [4.69, 9.17) is 9.72 Å². The van der Waals surface area contributed by atoms with Crippen LogP contribution in [-0.2, 0) is 5.41 Å². The van der Waals surface area contributed by atoms with E-state index < -0.39 is 0 Å². The quantitative estimate of drug-likeness (QED) is 0.229. The molecule has 4 bridgehead atoms. The Morgan fingerprint density at radius 1 is 0.927 bits per heavy atom. The highest BCUT2D eigenvalue weighted by molar-refractivity contribution is 8.00. The van der Waals surface area contributed by atoms with E-state index in [2.05, 4.69) is 131 Å². The van der Waals surface area contributed by atoms with E-state index in [9.17, 15) is 0 Å². The van der Waals surface area contributed by atoms with Gasteiger partial charge >= 0.3 is 0 Å². The predicted molar refractivity (Wildman–Crippen MR) is 175 cm³/mol. The highest BCUT2D eigenvalue weighted by Gasteiger charge is 2.14. The fraction of sp³-hybridized carbons (Fsp3) is 0.382. The van der Waals surface area contributed by atoms with E-state index >= 15 is 0 Å². The van der Waals surface area contributed by atoms with Crippen LogP contribution in [0.3, 0.4) is 0 Å². The standard InChI is InChI=1S/C21H22N4OS.C9H13N.C4H10/c1-14-6-4-7-15(2)20(14)18-13-19-23-21(22-18)24-27-17-9-5-8-16(12-17)25(3)10-11-26-19;1-9(2,3)8-5-4-6-10-7-8;1-4(2)3/h4-9,12-13H,10-11H2,1-3H3,(H,22,23,24);4-7H,1-3H3;4H,1-3H3. The molecule has 0 unspecified atom stereocenters. The normalized spacial score (nSPS) is 12.8. The number of nitrogens with zero attached hydrogens (tertiary/aromatic N) is 4. The maximum Gasteiger partial charge on any atom is 0.237 e. The third kappa shape index (κ3) is 10.1. The summed E-state index contributed by atoms with van der Waals surface area (Å²) in [4.78, 5) is 16.6. The Balaban J connectivity index is 0.000000274. The van der Waals surface area contributed by atoms with Crippen molar-refractivity contribution in [2.75, 3.05) is 29.8 Å². The highest BCUT2D eigenvalue weighted by atomic mass is 32.2. The molecule has 0 spiro atoms. The number of benzene rings is 2. The van der Waals surface area contributed by atoms with Gasteiger partial charge in [-0.15, -0.1) is 0 Å². The van der Waals surface area contributed by atoms with Gasteiger partial charge in [0.2, 0.25) is 11.8 Å². The summed E-state index contributed by atoms with van der Waals surface area (Å²) in [6, 6.07) is 20.7. The summed E-state index contributed by atoms with van der Waals surface area (Å²) >= 11 is 1.50. The average molecular weight is 572 g/mol. The van der Waals surface area contributed by atoms with E-state index in [0.29, 0.717) is 18.4 Å². The number of fused-ring (bicyclic) bond motifs is 4. The SMILES string of the molecule is CC(C)(C)c1cccnc1.CC(C)C.Cc1cccc(C)c1-c1cc2nc(n1)NSc1cccc(c1)N(C)CCO2. The van der Waals surface area contributed by atoms with Crippen LogP contribution in [0.25, 0.3) is 11.3 Å². The molecule has 0 saturated heterocycles. The number of aromatic nitrogens is 3. The molecule has 218 valence electrons. The van der Waals surface area contributed by atoms with Gasteiger partial charge in [0.15, 0.2) is 0 Å².